The maximum absolute atomic E-state index is 13.8. The van der Waals surface area contributed by atoms with Gasteiger partial charge in [-0.15, -0.1) is 0 Å². The number of carbonyl (C=O) groups excluding carboxylic acids is 1. The quantitative estimate of drug-likeness (QED) is 0.198. The Morgan fingerprint density at radius 2 is 1.59 bits per heavy atom. The fraction of sp³-hybridized carbons (Fsp3) is 0.389. The van der Waals surface area contributed by atoms with Crippen molar-refractivity contribution in [3.63, 3.8) is 0 Å². The lowest BCUT2D eigenvalue weighted by molar-refractivity contribution is -0.132. The van der Waals surface area contributed by atoms with Gasteiger partial charge in [-0.05, 0) is 80.5 Å². The first-order chi connectivity index (χ1) is 22.4. The van der Waals surface area contributed by atoms with Crippen LogP contribution in [0.25, 0.3) is 22.1 Å². The first kappa shape index (κ1) is 30.2. The Balaban J connectivity index is 1.20. The number of hydrogen-bond acceptors (Lipinski definition) is 6. The Hall–Kier alpha value is -4.49. The maximum Gasteiger partial charge on any atom is 0.269 e. The van der Waals surface area contributed by atoms with Crippen molar-refractivity contribution in [2.45, 2.75) is 68.7 Å². The van der Waals surface area contributed by atoms with Crippen molar-refractivity contribution in [2.24, 2.45) is 11.8 Å². The van der Waals surface area contributed by atoms with Crippen molar-refractivity contribution in [1.29, 1.82) is 5.26 Å². The topological polar surface area (TPSA) is 114 Å². The molecule has 0 atom stereocenters. The van der Waals surface area contributed by atoms with Gasteiger partial charge in [0.25, 0.3) is 10.0 Å². The molecule has 0 spiro atoms. The second-order valence-electron chi connectivity index (χ2n) is 12.8. The predicted molar refractivity (Wildman–Crippen MR) is 176 cm³/mol. The molecule has 0 radical (unpaired) electrons. The number of pyridine rings is 1. The molecule has 46 heavy (non-hydrogen) atoms. The van der Waals surface area contributed by atoms with Gasteiger partial charge in [-0.25, -0.2) is 22.4 Å². The summed E-state index contributed by atoms with van der Waals surface area (Å²) < 4.78 is 30.6. The summed E-state index contributed by atoms with van der Waals surface area (Å²) in [4.78, 5) is 25.5. The Morgan fingerprint density at radius 3 is 2.28 bits per heavy atom. The number of fused-ring (bicyclic) bond motifs is 3. The lowest BCUT2D eigenvalue weighted by atomic mass is 9.84. The van der Waals surface area contributed by atoms with E-state index in [1.54, 1.807) is 48.8 Å². The van der Waals surface area contributed by atoms with Crippen LogP contribution in [0.4, 0.5) is 0 Å². The largest absolute Gasteiger partial charge is 0.342 e. The van der Waals surface area contributed by atoms with Gasteiger partial charge < -0.3 is 9.47 Å². The monoisotopic (exact) mass is 634 g/mol. The van der Waals surface area contributed by atoms with Crippen molar-refractivity contribution in [1.82, 2.24) is 23.4 Å². The Bertz CT molecular complexity index is 2000. The zero-order chi connectivity index (χ0) is 31.7. The van der Waals surface area contributed by atoms with E-state index >= 15 is 0 Å². The van der Waals surface area contributed by atoms with E-state index in [9.17, 15) is 18.5 Å². The minimum Gasteiger partial charge on any atom is -0.342 e. The predicted octanol–water partition coefficient (Wildman–Crippen LogP) is 6.29. The standard InChI is InChI=1S/C36H38N6O3S/c37-19-15-26-11-13-29(14-12-26)42-33(24-34(43)40-20-16-28(17-21-40)23-27-7-3-1-4-8-27)39-32-25-38-36-31(35(32)42)18-22-41(36)46(44,45)30-9-5-2-6-10-30/h1-10,18,22,25-26,28-29H,11-17,20-21,23-24H2. The molecule has 10 heteroatoms. The minimum absolute atomic E-state index is 0.0707. The van der Waals surface area contributed by atoms with Gasteiger partial charge in [0.2, 0.25) is 5.91 Å². The van der Waals surface area contributed by atoms with Crippen molar-refractivity contribution in [3.8, 4) is 6.07 Å². The van der Waals surface area contributed by atoms with E-state index in [1.807, 2.05) is 11.0 Å². The van der Waals surface area contributed by atoms with Crippen LogP contribution in [0.1, 0.15) is 62.4 Å². The van der Waals surface area contributed by atoms with Gasteiger partial charge in [-0.2, -0.15) is 5.26 Å². The molecular weight excluding hydrogens is 597 g/mol. The maximum atomic E-state index is 13.8. The number of carbonyl (C=O) groups is 1. The molecule has 236 valence electrons. The van der Waals surface area contributed by atoms with Gasteiger partial charge in [0.05, 0.1) is 29.1 Å². The first-order valence-electron chi connectivity index (χ1n) is 16.3. The molecule has 7 rings (SSSR count). The highest BCUT2D eigenvalue weighted by Gasteiger charge is 2.30. The summed E-state index contributed by atoms with van der Waals surface area (Å²) in [6.45, 7) is 1.48. The Kier molecular flexibility index (Phi) is 8.34. The summed E-state index contributed by atoms with van der Waals surface area (Å²) in [5, 5.41) is 9.97. The number of likely N-dealkylation sites (tertiary alicyclic amines) is 1. The normalized spacial score (nSPS) is 19.4. The molecular formula is C36H38N6O3S. The summed E-state index contributed by atoms with van der Waals surface area (Å²) in [7, 11) is -3.86. The SMILES string of the molecule is N#CCC1CCC(n2c(CC(=O)N3CCC(Cc4ccccc4)CC3)nc3cnc4c(ccn4S(=O)(=O)c4ccccc4)c32)CC1. The number of imidazole rings is 1. The minimum atomic E-state index is -3.86. The molecule has 1 saturated carbocycles. The van der Waals surface area contributed by atoms with Crippen molar-refractivity contribution < 1.29 is 13.2 Å². The zero-order valence-electron chi connectivity index (χ0n) is 25.8. The van der Waals surface area contributed by atoms with E-state index in [-0.39, 0.29) is 23.3 Å². The summed E-state index contributed by atoms with van der Waals surface area (Å²) in [6, 6.07) is 23.1. The van der Waals surface area contributed by atoms with E-state index in [0.717, 1.165) is 63.6 Å². The second kappa shape index (κ2) is 12.7. The summed E-state index contributed by atoms with van der Waals surface area (Å²) >= 11 is 0. The van der Waals surface area contributed by atoms with E-state index in [2.05, 4.69) is 39.9 Å². The van der Waals surface area contributed by atoms with Crippen LogP contribution in [0.15, 0.2) is 84.0 Å². The third-order valence-electron chi connectivity index (χ3n) is 9.91. The highest BCUT2D eigenvalue weighted by Crippen LogP contribution is 2.39. The average Bonchev–Trinajstić information content (AvgIpc) is 3.68. The molecule has 1 amide bonds. The summed E-state index contributed by atoms with van der Waals surface area (Å²) in [5.74, 6) is 1.71. The van der Waals surface area contributed by atoms with Crippen LogP contribution in [0.3, 0.4) is 0 Å². The molecule has 0 N–H and O–H groups in total. The smallest absolute Gasteiger partial charge is 0.269 e. The molecule has 1 aliphatic heterocycles. The highest BCUT2D eigenvalue weighted by molar-refractivity contribution is 7.90. The van der Waals surface area contributed by atoms with Crippen LogP contribution < -0.4 is 0 Å². The van der Waals surface area contributed by atoms with Crippen LogP contribution in [-0.4, -0.2) is 50.8 Å². The first-order valence-corrected chi connectivity index (χ1v) is 17.7. The van der Waals surface area contributed by atoms with Gasteiger partial charge in [0.1, 0.15) is 11.3 Å². The number of piperidine rings is 1. The number of rotatable bonds is 8. The average molecular weight is 635 g/mol. The lowest BCUT2D eigenvalue weighted by Gasteiger charge is -2.33. The molecule has 0 unspecified atom stereocenters. The molecule has 2 aliphatic rings. The number of amides is 1. The molecule has 1 aliphatic carbocycles. The third kappa shape index (κ3) is 5.80. The van der Waals surface area contributed by atoms with Gasteiger partial charge in [0.15, 0.2) is 5.65 Å². The van der Waals surface area contributed by atoms with Crippen LogP contribution in [0.2, 0.25) is 0 Å². The van der Waals surface area contributed by atoms with Gasteiger partial charge in [-0.3, -0.25) is 4.79 Å². The van der Waals surface area contributed by atoms with Crippen LogP contribution in [-0.2, 0) is 27.7 Å². The molecule has 9 nitrogen and oxygen atoms in total. The lowest BCUT2D eigenvalue weighted by Crippen LogP contribution is -2.40. The molecule has 0 bridgehead atoms. The van der Waals surface area contributed by atoms with Gasteiger partial charge in [0, 0.05) is 37.1 Å². The number of nitriles is 1. The van der Waals surface area contributed by atoms with E-state index in [4.69, 9.17) is 4.98 Å². The van der Waals surface area contributed by atoms with E-state index < -0.39 is 10.0 Å². The van der Waals surface area contributed by atoms with Gasteiger partial charge >= 0.3 is 0 Å². The number of hydrogen-bond donors (Lipinski definition) is 0. The molecule has 3 aromatic heterocycles. The number of nitrogens with zero attached hydrogens (tertiary/aromatic N) is 6. The van der Waals surface area contributed by atoms with E-state index in [0.29, 0.717) is 40.6 Å². The van der Waals surface area contributed by atoms with Crippen LogP contribution >= 0.6 is 0 Å². The molecule has 5 aromatic rings. The molecule has 2 aromatic carbocycles. The van der Waals surface area contributed by atoms with Crippen LogP contribution in [0.5, 0.6) is 0 Å². The fourth-order valence-electron chi connectivity index (χ4n) is 7.43. The van der Waals surface area contributed by atoms with Crippen LogP contribution in [0, 0.1) is 23.2 Å². The second-order valence-corrected chi connectivity index (χ2v) is 14.6. The van der Waals surface area contributed by atoms with Gasteiger partial charge in [-0.1, -0.05) is 48.5 Å². The Labute approximate surface area is 269 Å². The summed E-state index contributed by atoms with van der Waals surface area (Å²) in [5.41, 5.74) is 3.16. The fourth-order valence-corrected chi connectivity index (χ4v) is 8.75. The summed E-state index contributed by atoms with van der Waals surface area (Å²) in [6.07, 6.45) is 10.5. The van der Waals surface area contributed by atoms with E-state index in [1.165, 1.54) is 9.54 Å². The number of aromatic nitrogens is 4. The Morgan fingerprint density at radius 1 is 0.891 bits per heavy atom. The number of benzene rings is 2. The van der Waals surface area contributed by atoms with Crippen molar-refractivity contribution in [2.75, 3.05) is 13.1 Å². The highest BCUT2D eigenvalue weighted by atomic mass is 32.2. The third-order valence-corrected chi connectivity index (χ3v) is 11.6. The van der Waals surface area contributed by atoms with Crippen molar-refractivity contribution >= 4 is 38.0 Å². The molecule has 2 fully saturated rings. The van der Waals surface area contributed by atoms with Crippen molar-refractivity contribution in [3.05, 3.63) is 90.5 Å². The zero-order valence-corrected chi connectivity index (χ0v) is 26.6. The molecule has 4 heterocycles. The molecule has 1 saturated heterocycles.